The monoisotopic (exact) mass is 345 g/mol. The Labute approximate surface area is 141 Å². The molecule has 22 heavy (non-hydrogen) atoms. The van der Waals surface area contributed by atoms with Crippen LogP contribution in [0.2, 0.25) is 5.02 Å². The highest BCUT2D eigenvalue weighted by Crippen LogP contribution is 2.29. The van der Waals surface area contributed by atoms with Gasteiger partial charge in [-0.05, 0) is 25.0 Å². The third kappa shape index (κ3) is 7.49. The number of hydrogen-bond donors (Lipinski definition) is 2. The van der Waals surface area contributed by atoms with E-state index in [1.54, 1.807) is 6.07 Å². The Bertz CT molecular complexity index is 470. The Hall–Kier alpha value is -0.750. The lowest BCUT2D eigenvalue weighted by atomic mass is 10.2. The van der Waals surface area contributed by atoms with Crippen LogP contribution in [0.1, 0.15) is 20.8 Å². The largest absolute Gasteiger partial charge is 0.389 e. The molecule has 2 atom stereocenters. The highest BCUT2D eigenvalue weighted by molar-refractivity contribution is 8.00. The van der Waals surface area contributed by atoms with Gasteiger partial charge in [-0.15, -0.1) is 11.8 Å². The number of hydrogen-bond acceptors (Lipinski definition) is 4. The molecule has 2 N–H and O–H groups in total. The number of aliphatic hydroxyl groups excluding tert-OH is 1. The van der Waals surface area contributed by atoms with Crippen molar-refractivity contribution in [2.75, 3.05) is 19.8 Å². The van der Waals surface area contributed by atoms with Crippen molar-refractivity contribution < 1.29 is 14.6 Å². The van der Waals surface area contributed by atoms with E-state index in [4.69, 9.17) is 16.3 Å². The van der Waals surface area contributed by atoms with Crippen LogP contribution in [0.5, 0.6) is 0 Å². The van der Waals surface area contributed by atoms with Crippen molar-refractivity contribution >= 4 is 29.3 Å². The van der Waals surface area contributed by atoms with Crippen molar-refractivity contribution in [2.45, 2.75) is 37.0 Å². The van der Waals surface area contributed by atoms with Crippen LogP contribution in [0, 0.1) is 5.92 Å². The van der Waals surface area contributed by atoms with Gasteiger partial charge in [0, 0.05) is 18.0 Å². The summed E-state index contributed by atoms with van der Waals surface area (Å²) in [5, 5.41) is 12.8. The molecule has 0 saturated carbocycles. The van der Waals surface area contributed by atoms with Gasteiger partial charge in [-0.3, -0.25) is 4.79 Å². The number of carbonyl (C=O) groups is 1. The molecule has 6 heteroatoms. The van der Waals surface area contributed by atoms with Gasteiger partial charge >= 0.3 is 0 Å². The van der Waals surface area contributed by atoms with E-state index in [0.717, 1.165) is 4.90 Å². The van der Waals surface area contributed by atoms with Gasteiger partial charge in [-0.2, -0.15) is 0 Å². The molecule has 0 fully saturated rings. The van der Waals surface area contributed by atoms with E-state index in [-0.39, 0.29) is 24.3 Å². The van der Waals surface area contributed by atoms with Crippen LogP contribution in [-0.2, 0) is 9.53 Å². The van der Waals surface area contributed by atoms with Gasteiger partial charge in [0.15, 0.2) is 0 Å². The second kappa shape index (κ2) is 10.1. The van der Waals surface area contributed by atoms with Gasteiger partial charge in [0.25, 0.3) is 0 Å². The van der Waals surface area contributed by atoms with Crippen molar-refractivity contribution in [3.8, 4) is 0 Å². The molecule has 1 aromatic rings. The van der Waals surface area contributed by atoms with E-state index in [9.17, 15) is 9.90 Å². The fourth-order valence-electron chi connectivity index (χ4n) is 1.65. The molecule has 0 heterocycles. The second-order valence-corrected chi connectivity index (χ2v) is 7.31. The first-order valence-corrected chi connectivity index (χ1v) is 8.60. The summed E-state index contributed by atoms with van der Waals surface area (Å²) in [5.74, 6) is 0.293. The van der Waals surface area contributed by atoms with Crippen molar-refractivity contribution in [1.29, 1.82) is 0 Å². The van der Waals surface area contributed by atoms with Gasteiger partial charge in [0.2, 0.25) is 5.91 Å². The van der Waals surface area contributed by atoms with Crippen molar-refractivity contribution in [2.24, 2.45) is 5.92 Å². The maximum Gasteiger partial charge on any atom is 0.233 e. The lowest BCUT2D eigenvalue weighted by molar-refractivity contribution is -0.121. The molecule has 0 aliphatic carbocycles. The number of rotatable bonds is 9. The molecule has 0 aromatic heterocycles. The molecular weight excluding hydrogens is 322 g/mol. The molecule has 4 nitrogen and oxygen atoms in total. The third-order valence-electron chi connectivity index (χ3n) is 2.78. The normalized spacial score (nSPS) is 13.9. The zero-order valence-electron chi connectivity index (χ0n) is 13.2. The smallest absolute Gasteiger partial charge is 0.233 e. The van der Waals surface area contributed by atoms with Crippen LogP contribution in [-0.4, -0.2) is 42.1 Å². The van der Waals surface area contributed by atoms with E-state index >= 15 is 0 Å². The molecule has 0 unspecified atom stereocenters. The first-order chi connectivity index (χ1) is 10.4. The number of halogens is 1. The van der Waals surface area contributed by atoms with E-state index in [1.807, 2.05) is 39.0 Å². The van der Waals surface area contributed by atoms with E-state index in [2.05, 4.69) is 5.32 Å². The second-order valence-electron chi connectivity index (χ2n) is 5.52. The molecule has 1 aromatic carbocycles. The maximum atomic E-state index is 12.0. The first kappa shape index (κ1) is 19.3. The number of ether oxygens (including phenoxy) is 1. The Kier molecular flexibility index (Phi) is 8.86. The lowest BCUT2D eigenvalue weighted by Gasteiger charge is -2.16. The Morgan fingerprint density at radius 3 is 2.64 bits per heavy atom. The summed E-state index contributed by atoms with van der Waals surface area (Å²) in [7, 11) is 0. The van der Waals surface area contributed by atoms with Gasteiger partial charge in [0.1, 0.15) is 0 Å². The maximum absolute atomic E-state index is 12.0. The van der Waals surface area contributed by atoms with Crippen molar-refractivity contribution in [3.63, 3.8) is 0 Å². The Balaban J connectivity index is 2.31. The van der Waals surface area contributed by atoms with E-state index in [0.29, 0.717) is 17.5 Å². The highest BCUT2D eigenvalue weighted by atomic mass is 35.5. The highest BCUT2D eigenvalue weighted by Gasteiger charge is 2.16. The zero-order valence-corrected chi connectivity index (χ0v) is 14.8. The quantitative estimate of drug-likeness (QED) is 0.675. The molecule has 0 spiro atoms. The minimum atomic E-state index is -0.694. The Morgan fingerprint density at radius 2 is 2.00 bits per heavy atom. The summed E-state index contributed by atoms with van der Waals surface area (Å²) >= 11 is 7.47. The first-order valence-electron chi connectivity index (χ1n) is 7.34. The van der Waals surface area contributed by atoms with Crippen molar-refractivity contribution in [3.05, 3.63) is 29.3 Å². The predicted molar refractivity (Wildman–Crippen MR) is 91.4 cm³/mol. The summed E-state index contributed by atoms with van der Waals surface area (Å²) < 4.78 is 5.34. The van der Waals surface area contributed by atoms with Gasteiger partial charge < -0.3 is 15.2 Å². The molecule has 0 bridgehead atoms. The fraction of sp³-hybridized carbons (Fsp3) is 0.562. The van der Waals surface area contributed by atoms with Crippen LogP contribution < -0.4 is 5.32 Å². The van der Waals surface area contributed by atoms with Crippen LogP contribution >= 0.6 is 23.4 Å². The summed E-state index contributed by atoms with van der Waals surface area (Å²) in [5.41, 5.74) is 0. The molecule has 0 aliphatic rings. The molecule has 1 amide bonds. The standard InChI is InChI=1S/C16H24ClNO3S/c1-11(2)9-21-10-13(19)8-18-16(20)12(3)22-15-7-5-4-6-14(15)17/h4-7,11-13,19H,8-10H2,1-3H3,(H,18,20)/t12-,13+/m0/s1. The van der Waals surface area contributed by atoms with E-state index < -0.39 is 6.10 Å². The molecule has 1 rings (SSSR count). The molecule has 124 valence electrons. The van der Waals surface area contributed by atoms with Gasteiger partial charge in [0.05, 0.1) is 23.0 Å². The number of aliphatic hydroxyl groups is 1. The molecule has 0 saturated heterocycles. The molecule has 0 aliphatic heterocycles. The minimum absolute atomic E-state index is 0.132. The van der Waals surface area contributed by atoms with Crippen LogP contribution in [0.3, 0.4) is 0 Å². The minimum Gasteiger partial charge on any atom is -0.389 e. The van der Waals surface area contributed by atoms with E-state index in [1.165, 1.54) is 11.8 Å². The lowest BCUT2D eigenvalue weighted by Crippen LogP contribution is -2.38. The number of carbonyl (C=O) groups excluding carboxylic acids is 1. The number of benzene rings is 1. The van der Waals surface area contributed by atoms with Crippen LogP contribution in [0.15, 0.2) is 29.2 Å². The van der Waals surface area contributed by atoms with Crippen molar-refractivity contribution in [1.82, 2.24) is 5.32 Å². The fourth-order valence-corrected chi connectivity index (χ4v) is 2.82. The zero-order chi connectivity index (χ0) is 16.5. The number of amides is 1. The number of nitrogens with one attached hydrogen (secondary N) is 1. The topological polar surface area (TPSA) is 58.6 Å². The predicted octanol–water partition coefficient (Wildman–Crippen LogP) is 2.97. The van der Waals surface area contributed by atoms with Gasteiger partial charge in [-0.25, -0.2) is 0 Å². The number of thioether (sulfide) groups is 1. The summed E-state index contributed by atoms with van der Waals surface area (Å²) in [6, 6.07) is 7.41. The molecule has 0 radical (unpaired) electrons. The SMILES string of the molecule is CC(C)COC[C@H](O)CNC(=O)[C@H](C)Sc1ccccc1Cl. The third-order valence-corrected chi connectivity index (χ3v) is 4.40. The van der Waals surface area contributed by atoms with Gasteiger partial charge in [-0.1, -0.05) is 37.6 Å². The summed E-state index contributed by atoms with van der Waals surface area (Å²) in [6.45, 7) is 6.91. The average molecular weight is 346 g/mol. The van der Waals surface area contributed by atoms with Crippen LogP contribution in [0.4, 0.5) is 0 Å². The average Bonchev–Trinajstić information content (AvgIpc) is 2.46. The Morgan fingerprint density at radius 1 is 1.32 bits per heavy atom. The summed E-state index contributed by atoms with van der Waals surface area (Å²) in [6.07, 6.45) is -0.694. The van der Waals surface area contributed by atoms with Crippen LogP contribution in [0.25, 0.3) is 0 Å². The summed E-state index contributed by atoms with van der Waals surface area (Å²) in [4.78, 5) is 12.9. The molecular formula is C16H24ClNO3S.